The first-order chi connectivity index (χ1) is 4.83. The maximum atomic E-state index is 10.6. The Morgan fingerprint density at radius 1 is 1.80 bits per heavy atom. The number of nitrogens with one attached hydrogen (secondary N) is 1. The molecule has 3 heteroatoms. The summed E-state index contributed by atoms with van der Waals surface area (Å²) in [4.78, 5) is 10.6. The minimum absolute atomic E-state index is 0.149. The van der Waals surface area contributed by atoms with Crippen LogP contribution in [-0.4, -0.2) is 25.2 Å². The molecule has 1 fully saturated rings. The van der Waals surface area contributed by atoms with Crippen molar-refractivity contribution in [2.24, 2.45) is 0 Å². The van der Waals surface area contributed by atoms with Gasteiger partial charge < -0.3 is 10.1 Å². The Balaban J connectivity index is 2.19. The second-order valence-electron chi connectivity index (χ2n) is 2.42. The smallest absolute Gasteiger partial charge is 0.220 e. The molecule has 0 spiro atoms. The van der Waals surface area contributed by atoms with Gasteiger partial charge in [0.05, 0.1) is 6.10 Å². The molecule has 0 aromatic carbocycles. The summed E-state index contributed by atoms with van der Waals surface area (Å²) in [6.07, 6.45) is 1.74. The zero-order valence-electron chi connectivity index (χ0n) is 6.22. The van der Waals surface area contributed by atoms with Gasteiger partial charge in [0.25, 0.3) is 0 Å². The Hall–Kier alpha value is -0.570. The number of amides is 1. The molecule has 10 heavy (non-hydrogen) atoms. The van der Waals surface area contributed by atoms with Crippen LogP contribution in [0.5, 0.6) is 0 Å². The summed E-state index contributed by atoms with van der Waals surface area (Å²) < 4.78 is 5.32. The summed E-state index contributed by atoms with van der Waals surface area (Å²) in [5, 5.41) is 2.75. The molecule has 0 saturated carbocycles. The fourth-order valence-electron chi connectivity index (χ4n) is 1.09. The predicted octanol–water partition coefficient (Wildman–Crippen LogP) is 0.301. The molecule has 1 rings (SSSR count). The van der Waals surface area contributed by atoms with Gasteiger partial charge in [-0.2, -0.15) is 0 Å². The summed E-state index contributed by atoms with van der Waals surface area (Å²) in [6, 6.07) is 0. The summed E-state index contributed by atoms with van der Waals surface area (Å²) in [5.41, 5.74) is 0. The van der Waals surface area contributed by atoms with Crippen molar-refractivity contribution in [2.45, 2.75) is 25.9 Å². The van der Waals surface area contributed by atoms with E-state index in [9.17, 15) is 4.79 Å². The van der Waals surface area contributed by atoms with Gasteiger partial charge >= 0.3 is 0 Å². The van der Waals surface area contributed by atoms with E-state index in [-0.39, 0.29) is 12.0 Å². The molecule has 1 atom stereocenters. The number of carbonyl (C=O) groups excluding carboxylic acids is 1. The van der Waals surface area contributed by atoms with Gasteiger partial charge in [0, 0.05) is 19.6 Å². The van der Waals surface area contributed by atoms with Crippen molar-refractivity contribution >= 4 is 5.91 Å². The fourth-order valence-corrected chi connectivity index (χ4v) is 1.09. The highest BCUT2D eigenvalue weighted by Crippen LogP contribution is 2.05. The first kappa shape index (κ1) is 7.54. The topological polar surface area (TPSA) is 38.3 Å². The van der Waals surface area contributed by atoms with Gasteiger partial charge in [0.2, 0.25) is 5.91 Å². The maximum absolute atomic E-state index is 10.6. The summed E-state index contributed by atoms with van der Waals surface area (Å²) in [5.74, 6) is 0.149. The van der Waals surface area contributed by atoms with E-state index in [1.54, 1.807) is 0 Å². The average molecular weight is 143 g/mol. The Morgan fingerprint density at radius 2 is 2.60 bits per heavy atom. The highest BCUT2D eigenvalue weighted by molar-refractivity contribution is 5.76. The second-order valence-corrected chi connectivity index (χ2v) is 2.42. The van der Waals surface area contributed by atoms with Crippen LogP contribution in [0.4, 0.5) is 0 Å². The van der Waals surface area contributed by atoms with E-state index in [1.807, 2.05) is 6.92 Å². The number of ether oxygens (including phenoxy) is 1. The van der Waals surface area contributed by atoms with Crippen LogP contribution in [-0.2, 0) is 9.53 Å². The van der Waals surface area contributed by atoms with Crippen molar-refractivity contribution in [1.29, 1.82) is 0 Å². The fraction of sp³-hybridized carbons (Fsp3) is 0.857. The van der Waals surface area contributed by atoms with E-state index in [2.05, 4.69) is 5.32 Å². The molecular weight excluding hydrogens is 130 g/mol. The third kappa shape index (κ3) is 1.99. The van der Waals surface area contributed by atoms with Crippen molar-refractivity contribution in [3.05, 3.63) is 0 Å². The molecule has 1 amide bonds. The third-order valence-electron chi connectivity index (χ3n) is 1.62. The van der Waals surface area contributed by atoms with Crippen molar-refractivity contribution in [3.8, 4) is 0 Å². The minimum atomic E-state index is 0.149. The Morgan fingerprint density at radius 3 is 3.10 bits per heavy atom. The minimum Gasteiger partial charge on any atom is -0.377 e. The van der Waals surface area contributed by atoms with E-state index in [0.717, 1.165) is 13.0 Å². The van der Waals surface area contributed by atoms with E-state index < -0.39 is 0 Å². The molecule has 0 aliphatic carbocycles. The lowest BCUT2D eigenvalue weighted by atomic mass is 10.1. The zero-order valence-corrected chi connectivity index (χ0v) is 6.22. The first-order valence-corrected chi connectivity index (χ1v) is 3.71. The second kappa shape index (κ2) is 3.56. The summed E-state index contributed by atoms with van der Waals surface area (Å²) in [6.45, 7) is 3.39. The van der Waals surface area contributed by atoms with Gasteiger partial charge in [-0.3, -0.25) is 4.79 Å². The molecule has 1 aliphatic rings. The summed E-state index contributed by atoms with van der Waals surface area (Å²) in [7, 11) is 0. The van der Waals surface area contributed by atoms with E-state index in [0.29, 0.717) is 13.0 Å². The zero-order chi connectivity index (χ0) is 7.40. The molecule has 0 aromatic rings. The van der Waals surface area contributed by atoms with Crippen LogP contribution in [0, 0.1) is 0 Å². The molecule has 0 aromatic heterocycles. The van der Waals surface area contributed by atoms with E-state index in [4.69, 9.17) is 4.74 Å². The maximum Gasteiger partial charge on any atom is 0.220 e. The van der Waals surface area contributed by atoms with Crippen LogP contribution in [0.2, 0.25) is 0 Å². The molecule has 58 valence electrons. The molecule has 1 saturated heterocycles. The normalized spacial score (nSPS) is 26.1. The Bertz CT molecular complexity index is 115. The summed E-state index contributed by atoms with van der Waals surface area (Å²) >= 11 is 0. The van der Waals surface area contributed by atoms with Gasteiger partial charge in [-0.1, -0.05) is 0 Å². The highest BCUT2D eigenvalue weighted by Gasteiger charge is 2.16. The first-order valence-electron chi connectivity index (χ1n) is 3.71. The number of hydrogen-bond acceptors (Lipinski definition) is 2. The standard InChI is InChI=1S/C7H13NO2/c1-2-10-6-3-4-7(9)8-5-6/h6H,2-5H2,1H3,(H,8,9). The van der Waals surface area contributed by atoms with Crippen LogP contribution in [0.1, 0.15) is 19.8 Å². The van der Waals surface area contributed by atoms with Crippen LogP contribution >= 0.6 is 0 Å². The van der Waals surface area contributed by atoms with Crippen molar-refractivity contribution in [3.63, 3.8) is 0 Å². The van der Waals surface area contributed by atoms with Crippen LogP contribution in [0.25, 0.3) is 0 Å². The lowest BCUT2D eigenvalue weighted by molar-refractivity contribution is -0.124. The van der Waals surface area contributed by atoms with E-state index >= 15 is 0 Å². The largest absolute Gasteiger partial charge is 0.377 e. The monoisotopic (exact) mass is 143 g/mol. The van der Waals surface area contributed by atoms with Crippen molar-refractivity contribution in [2.75, 3.05) is 13.2 Å². The lowest BCUT2D eigenvalue weighted by Gasteiger charge is -2.21. The van der Waals surface area contributed by atoms with Crippen LogP contribution in [0.15, 0.2) is 0 Å². The average Bonchev–Trinajstić information content (AvgIpc) is 1.95. The van der Waals surface area contributed by atoms with Gasteiger partial charge in [-0.15, -0.1) is 0 Å². The molecule has 0 radical (unpaired) electrons. The quantitative estimate of drug-likeness (QED) is 0.603. The lowest BCUT2D eigenvalue weighted by Crippen LogP contribution is -2.39. The number of hydrogen-bond donors (Lipinski definition) is 1. The third-order valence-corrected chi connectivity index (χ3v) is 1.62. The van der Waals surface area contributed by atoms with Gasteiger partial charge in [0.15, 0.2) is 0 Å². The Labute approximate surface area is 60.7 Å². The molecule has 1 aliphatic heterocycles. The van der Waals surface area contributed by atoms with Crippen molar-refractivity contribution < 1.29 is 9.53 Å². The molecular formula is C7H13NO2. The van der Waals surface area contributed by atoms with Crippen molar-refractivity contribution in [1.82, 2.24) is 5.32 Å². The predicted molar refractivity (Wildman–Crippen MR) is 37.7 cm³/mol. The van der Waals surface area contributed by atoms with Crippen LogP contribution < -0.4 is 5.32 Å². The van der Waals surface area contributed by atoms with Gasteiger partial charge in [0.1, 0.15) is 0 Å². The molecule has 3 nitrogen and oxygen atoms in total. The Kier molecular flexibility index (Phi) is 2.68. The number of carbonyl (C=O) groups is 1. The molecule has 1 unspecified atom stereocenters. The van der Waals surface area contributed by atoms with E-state index in [1.165, 1.54) is 0 Å². The molecule has 0 bridgehead atoms. The SMILES string of the molecule is CCOC1CCC(=O)NC1. The van der Waals surface area contributed by atoms with Crippen LogP contribution in [0.3, 0.4) is 0 Å². The molecule has 1 N–H and O–H groups in total. The number of piperidine rings is 1. The molecule has 1 heterocycles. The highest BCUT2D eigenvalue weighted by atomic mass is 16.5. The number of rotatable bonds is 2. The van der Waals surface area contributed by atoms with Gasteiger partial charge in [-0.05, 0) is 13.3 Å². The van der Waals surface area contributed by atoms with Gasteiger partial charge in [-0.25, -0.2) is 0 Å².